The molecule has 8 heteroatoms. The molecule has 0 N–H and O–H groups in total. The van der Waals surface area contributed by atoms with Crippen molar-refractivity contribution >= 4 is 27.4 Å². The summed E-state index contributed by atoms with van der Waals surface area (Å²) < 4.78 is 26.3. The van der Waals surface area contributed by atoms with Crippen LogP contribution < -0.4 is 4.18 Å². The van der Waals surface area contributed by atoms with Crippen LogP contribution in [0, 0.1) is 10.1 Å². The monoisotopic (exact) mass is 251 g/mol. The van der Waals surface area contributed by atoms with E-state index in [1.165, 1.54) is 18.2 Å². The molecule has 0 aliphatic rings. The fraction of sp³-hybridized carbons (Fsp3) is 0.143. The molecule has 0 heterocycles. The average molecular weight is 252 g/mol. The van der Waals surface area contributed by atoms with Crippen molar-refractivity contribution in [3.05, 3.63) is 34.4 Å². The molecule has 0 amide bonds. The summed E-state index contributed by atoms with van der Waals surface area (Å²) in [5, 5.41) is 9.65. The highest BCUT2D eigenvalue weighted by atomic mass is 35.5. The average Bonchev–Trinajstić information content (AvgIpc) is 2.17. The minimum atomic E-state index is -3.87. The van der Waals surface area contributed by atoms with E-state index in [4.69, 9.17) is 11.6 Å². The summed E-state index contributed by atoms with van der Waals surface area (Å²) in [4.78, 5) is 9.71. The van der Waals surface area contributed by atoms with Crippen LogP contribution >= 0.6 is 11.6 Å². The van der Waals surface area contributed by atoms with Gasteiger partial charge in [0.15, 0.2) is 5.21 Å². The molecule has 15 heavy (non-hydrogen) atoms. The Kier molecular flexibility index (Phi) is 3.48. The van der Waals surface area contributed by atoms with E-state index < -0.39 is 20.3 Å². The van der Waals surface area contributed by atoms with Crippen LogP contribution in [0.5, 0.6) is 5.75 Å². The molecule has 0 radical (unpaired) electrons. The van der Waals surface area contributed by atoms with Crippen LogP contribution in [0.4, 0.5) is 5.69 Å². The maximum Gasteiger partial charge on any atom is 0.323 e. The number of alkyl halides is 1. The highest BCUT2D eigenvalue weighted by molar-refractivity contribution is 7.88. The molecule has 0 aliphatic carbocycles. The lowest BCUT2D eigenvalue weighted by Gasteiger charge is -2.02. The number of nitro benzene ring substituents is 1. The van der Waals surface area contributed by atoms with Crippen molar-refractivity contribution in [2.45, 2.75) is 0 Å². The Morgan fingerprint density at radius 3 is 2.67 bits per heavy atom. The van der Waals surface area contributed by atoms with E-state index in [1.54, 1.807) is 0 Å². The smallest absolute Gasteiger partial charge is 0.323 e. The number of halogens is 1. The number of rotatable bonds is 4. The summed E-state index contributed by atoms with van der Waals surface area (Å²) in [6.07, 6.45) is 0. The van der Waals surface area contributed by atoms with Crippen molar-refractivity contribution in [2.24, 2.45) is 0 Å². The predicted octanol–water partition coefficient (Wildman–Crippen LogP) is 1.50. The predicted molar refractivity (Wildman–Crippen MR) is 53.4 cm³/mol. The Hall–Kier alpha value is -1.34. The van der Waals surface area contributed by atoms with Gasteiger partial charge in [-0.3, -0.25) is 10.1 Å². The van der Waals surface area contributed by atoms with Crippen LogP contribution in [0.15, 0.2) is 24.3 Å². The third-order valence-electron chi connectivity index (χ3n) is 1.39. The Balaban J connectivity index is 2.97. The third kappa shape index (κ3) is 3.37. The lowest BCUT2D eigenvalue weighted by Crippen LogP contribution is -2.10. The summed E-state index contributed by atoms with van der Waals surface area (Å²) in [5.74, 6) is -0.134. The first-order valence-corrected chi connectivity index (χ1v) is 5.78. The Bertz CT molecular complexity index is 472. The first-order chi connectivity index (χ1) is 6.94. The van der Waals surface area contributed by atoms with Gasteiger partial charge in [0.2, 0.25) is 0 Å². The molecule has 0 aliphatic heterocycles. The fourth-order valence-corrected chi connectivity index (χ4v) is 1.39. The second-order valence-corrected chi connectivity index (χ2v) is 4.66. The van der Waals surface area contributed by atoms with E-state index in [-0.39, 0.29) is 11.4 Å². The van der Waals surface area contributed by atoms with E-state index in [9.17, 15) is 18.5 Å². The number of non-ortho nitro benzene ring substituents is 1. The van der Waals surface area contributed by atoms with Crippen molar-refractivity contribution in [2.75, 3.05) is 5.21 Å². The van der Waals surface area contributed by atoms with E-state index in [0.29, 0.717) is 0 Å². The maximum atomic E-state index is 10.9. The molecule has 6 nitrogen and oxygen atoms in total. The van der Waals surface area contributed by atoms with Gasteiger partial charge in [0.1, 0.15) is 5.75 Å². The van der Waals surface area contributed by atoms with Gasteiger partial charge >= 0.3 is 10.1 Å². The Morgan fingerprint density at radius 2 is 2.13 bits per heavy atom. The molecule has 0 saturated carbocycles. The van der Waals surface area contributed by atoms with Crippen molar-refractivity contribution in [3.8, 4) is 5.75 Å². The molecule has 0 unspecified atom stereocenters. The zero-order chi connectivity index (χ0) is 11.5. The van der Waals surface area contributed by atoms with Gasteiger partial charge in [-0.25, -0.2) is 0 Å². The molecule has 1 rings (SSSR count). The lowest BCUT2D eigenvalue weighted by atomic mass is 10.3. The van der Waals surface area contributed by atoms with Gasteiger partial charge in [-0.1, -0.05) is 6.07 Å². The fourth-order valence-electron chi connectivity index (χ4n) is 0.818. The first kappa shape index (κ1) is 11.7. The van der Waals surface area contributed by atoms with Gasteiger partial charge in [-0.05, 0) is 6.07 Å². The van der Waals surface area contributed by atoms with E-state index in [0.717, 1.165) is 6.07 Å². The summed E-state index contributed by atoms with van der Waals surface area (Å²) in [7, 11) is -3.87. The van der Waals surface area contributed by atoms with Crippen molar-refractivity contribution in [1.29, 1.82) is 0 Å². The second-order valence-electron chi connectivity index (χ2n) is 2.50. The molecule has 0 bridgehead atoms. The van der Waals surface area contributed by atoms with Crippen LogP contribution in [-0.4, -0.2) is 18.6 Å². The van der Waals surface area contributed by atoms with Crippen LogP contribution in [0.25, 0.3) is 0 Å². The topological polar surface area (TPSA) is 86.5 Å². The number of nitrogens with zero attached hydrogens (tertiary/aromatic N) is 1. The van der Waals surface area contributed by atoms with Gasteiger partial charge in [-0.2, -0.15) is 8.42 Å². The minimum absolute atomic E-state index is 0.134. The van der Waals surface area contributed by atoms with Crippen LogP contribution in [0.1, 0.15) is 0 Å². The lowest BCUT2D eigenvalue weighted by molar-refractivity contribution is -0.384. The van der Waals surface area contributed by atoms with Crippen molar-refractivity contribution in [3.63, 3.8) is 0 Å². The number of hydrogen-bond donors (Lipinski definition) is 0. The number of nitro groups is 1. The second kappa shape index (κ2) is 4.45. The van der Waals surface area contributed by atoms with Crippen LogP contribution in [0.2, 0.25) is 0 Å². The minimum Gasteiger partial charge on any atom is -0.381 e. The summed E-state index contributed by atoms with van der Waals surface area (Å²) in [6, 6.07) is 4.83. The summed E-state index contributed by atoms with van der Waals surface area (Å²) in [6.45, 7) is 0. The molecular formula is C7H6ClNO5S. The molecule has 0 saturated heterocycles. The molecule has 0 atom stereocenters. The van der Waals surface area contributed by atoms with E-state index in [1.807, 2.05) is 0 Å². The standard InChI is InChI=1S/C7H6ClNO5S/c8-5-15(12,13)14-7-3-1-2-6(4-7)9(10)11/h1-4H,5H2. The Labute approximate surface area is 90.7 Å². The molecular weight excluding hydrogens is 246 g/mol. The maximum absolute atomic E-state index is 10.9. The van der Waals surface area contributed by atoms with E-state index >= 15 is 0 Å². The Morgan fingerprint density at radius 1 is 1.47 bits per heavy atom. The van der Waals surface area contributed by atoms with Crippen LogP contribution in [-0.2, 0) is 10.1 Å². The third-order valence-corrected chi connectivity index (χ3v) is 2.90. The summed E-state index contributed by atoms with van der Waals surface area (Å²) >= 11 is 5.10. The largest absolute Gasteiger partial charge is 0.381 e. The first-order valence-electron chi connectivity index (χ1n) is 3.67. The quantitative estimate of drug-likeness (QED) is 0.350. The van der Waals surface area contributed by atoms with Gasteiger partial charge in [-0.15, -0.1) is 11.6 Å². The van der Waals surface area contributed by atoms with Gasteiger partial charge in [0, 0.05) is 6.07 Å². The SMILES string of the molecule is O=[N+]([O-])c1cccc(OS(=O)(=O)CCl)c1. The molecule has 0 fully saturated rings. The zero-order valence-electron chi connectivity index (χ0n) is 7.29. The molecule has 82 valence electrons. The van der Waals surface area contributed by atoms with Crippen molar-refractivity contribution in [1.82, 2.24) is 0 Å². The highest BCUT2D eigenvalue weighted by Gasteiger charge is 2.13. The highest BCUT2D eigenvalue weighted by Crippen LogP contribution is 2.20. The molecule has 1 aromatic carbocycles. The number of hydrogen-bond acceptors (Lipinski definition) is 5. The normalized spacial score (nSPS) is 11.0. The van der Waals surface area contributed by atoms with E-state index in [2.05, 4.69) is 4.18 Å². The van der Waals surface area contributed by atoms with Gasteiger partial charge in [0.25, 0.3) is 5.69 Å². The molecule has 0 spiro atoms. The zero-order valence-corrected chi connectivity index (χ0v) is 8.86. The molecule has 0 aromatic heterocycles. The molecule has 1 aromatic rings. The van der Waals surface area contributed by atoms with Crippen molar-refractivity contribution < 1.29 is 17.5 Å². The number of benzene rings is 1. The summed E-state index contributed by atoms with van der Waals surface area (Å²) in [5.41, 5.74) is -0.253. The van der Waals surface area contributed by atoms with Gasteiger partial charge < -0.3 is 4.18 Å². The van der Waals surface area contributed by atoms with Gasteiger partial charge in [0.05, 0.1) is 11.0 Å². The van der Waals surface area contributed by atoms with Crippen LogP contribution in [0.3, 0.4) is 0 Å².